The van der Waals surface area contributed by atoms with Gasteiger partial charge in [0.1, 0.15) is 5.41 Å². The maximum atomic E-state index is 12.1. The molecule has 0 radical (unpaired) electrons. The predicted octanol–water partition coefficient (Wildman–Crippen LogP) is 2.07. The van der Waals surface area contributed by atoms with Crippen LogP contribution in [0.1, 0.15) is 33.1 Å². The van der Waals surface area contributed by atoms with Crippen LogP contribution in [0.15, 0.2) is 11.1 Å². The maximum Gasteiger partial charge on any atom is 0.328 e. The van der Waals surface area contributed by atoms with Gasteiger partial charge in [0.25, 0.3) is 0 Å². The van der Waals surface area contributed by atoms with Crippen LogP contribution in [0.2, 0.25) is 0 Å². The van der Waals surface area contributed by atoms with Gasteiger partial charge in [-0.3, -0.25) is 20.2 Å². The van der Waals surface area contributed by atoms with Crippen molar-refractivity contribution in [3.63, 3.8) is 0 Å². The molecule has 5 nitrogen and oxygen atoms in total. The zero-order valence-corrected chi connectivity index (χ0v) is 12.1. The topological polar surface area (TPSA) is 75.3 Å². The zero-order chi connectivity index (χ0) is 13.9. The maximum absolute atomic E-state index is 12.1. The summed E-state index contributed by atoms with van der Waals surface area (Å²) in [6.07, 6.45) is 1.75. The Morgan fingerprint density at radius 3 is 2.22 bits per heavy atom. The van der Waals surface area contributed by atoms with Gasteiger partial charge < -0.3 is 0 Å². The van der Waals surface area contributed by atoms with E-state index in [9.17, 15) is 14.4 Å². The molecule has 0 aromatic rings. The largest absolute Gasteiger partial charge is 0.328 e. The van der Waals surface area contributed by atoms with Gasteiger partial charge in [-0.2, -0.15) is 0 Å². The van der Waals surface area contributed by atoms with Crippen molar-refractivity contribution >= 4 is 33.8 Å². The number of carbonyl (C=O) groups excluding carboxylic acids is 3. The Morgan fingerprint density at radius 2 is 1.83 bits per heavy atom. The summed E-state index contributed by atoms with van der Waals surface area (Å²) in [6, 6.07) is -0.760. The van der Waals surface area contributed by atoms with Gasteiger partial charge in [0.2, 0.25) is 11.8 Å². The first kappa shape index (κ1) is 14.9. The van der Waals surface area contributed by atoms with Crippen LogP contribution in [0.25, 0.3) is 0 Å². The normalized spacial score (nSPS) is 20.1. The van der Waals surface area contributed by atoms with Crippen molar-refractivity contribution in [2.75, 3.05) is 0 Å². The average molecular weight is 317 g/mol. The molecule has 0 spiro atoms. The Bertz CT molecular complexity index is 386. The van der Waals surface area contributed by atoms with Gasteiger partial charge in [0.05, 0.1) is 0 Å². The van der Waals surface area contributed by atoms with Crippen molar-refractivity contribution in [3.8, 4) is 0 Å². The smallest absolute Gasteiger partial charge is 0.277 e. The number of hydrogen-bond acceptors (Lipinski definition) is 3. The average Bonchev–Trinajstić information content (AvgIpc) is 2.23. The van der Waals surface area contributed by atoms with Crippen LogP contribution in [0.4, 0.5) is 4.79 Å². The van der Waals surface area contributed by atoms with Crippen molar-refractivity contribution in [3.05, 3.63) is 11.1 Å². The number of urea groups is 1. The molecule has 18 heavy (non-hydrogen) atoms. The Balaban J connectivity index is 3.17. The minimum Gasteiger partial charge on any atom is -0.277 e. The van der Waals surface area contributed by atoms with E-state index in [2.05, 4.69) is 33.1 Å². The van der Waals surface area contributed by atoms with Crippen LogP contribution in [0.5, 0.6) is 0 Å². The summed E-state index contributed by atoms with van der Waals surface area (Å²) >= 11 is 3.20. The van der Waals surface area contributed by atoms with Crippen molar-refractivity contribution in [2.45, 2.75) is 33.1 Å². The van der Waals surface area contributed by atoms with E-state index >= 15 is 0 Å². The van der Waals surface area contributed by atoms with Crippen LogP contribution in [0, 0.1) is 11.3 Å². The first-order valence-corrected chi connectivity index (χ1v) is 6.64. The molecule has 6 heteroatoms. The molecule has 1 saturated heterocycles. The number of halogens is 1. The second kappa shape index (κ2) is 5.65. The number of hydrogen-bond donors (Lipinski definition) is 2. The first-order valence-electron chi connectivity index (χ1n) is 5.84. The Labute approximate surface area is 115 Å². The molecular formula is C12H17BrN2O3. The standard InChI is InChI=1S/C12H17BrN2O3/c1-4-5-7(2)12(6-8(3)13)9(16)14-11(18)15-10(12)17/h7H,3-6H2,1-2H3,(H2,14,15,16,17,18). The molecule has 0 aromatic carbocycles. The molecule has 1 rings (SSSR count). The number of amides is 4. The third kappa shape index (κ3) is 2.63. The first-order chi connectivity index (χ1) is 8.34. The molecule has 0 aromatic heterocycles. The molecule has 1 atom stereocenters. The third-order valence-electron chi connectivity index (χ3n) is 3.30. The van der Waals surface area contributed by atoms with Crippen molar-refractivity contribution < 1.29 is 14.4 Å². The molecule has 1 aliphatic heterocycles. The van der Waals surface area contributed by atoms with E-state index in [1.54, 1.807) is 0 Å². The molecular weight excluding hydrogens is 300 g/mol. The van der Waals surface area contributed by atoms with Crippen LogP contribution < -0.4 is 10.6 Å². The summed E-state index contributed by atoms with van der Waals surface area (Å²) in [6.45, 7) is 7.52. The van der Waals surface area contributed by atoms with Gasteiger partial charge in [-0.1, -0.05) is 42.8 Å². The summed E-state index contributed by atoms with van der Waals surface area (Å²) in [5.74, 6) is -1.26. The molecule has 1 fully saturated rings. The Morgan fingerprint density at radius 1 is 1.33 bits per heavy atom. The lowest BCUT2D eigenvalue weighted by Crippen LogP contribution is -2.64. The number of barbiturate groups is 1. The van der Waals surface area contributed by atoms with Gasteiger partial charge in [-0.25, -0.2) is 4.79 Å². The van der Waals surface area contributed by atoms with Crippen molar-refractivity contribution in [2.24, 2.45) is 11.3 Å². The highest BCUT2D eigenvalue weighted by molar-refractivity contribution is 9.11. The molecule has 0 bridgehead atoms. The molecule has 0 aliphatic carbocycles. The summed E-state index contributed by atoms with van der Waals surface area (Å²) in [5.41, 5.74) is -1.26. The molecule has 1 unspecified atom stereocenters. The van der Waals surface area contributed by atoms with E-state index in [1.165, 1.54) is 0 Å². The van der Waals surface area contributed by atoms with E-state index in [4.69, 9.17) is 0 Å². The molecule has 0 saturated carbocycles. The van der Waals surface area contributed by atoms with Crippen LogP contribution in [-0.2, 0) is 9.59 Å². The lowest BCUT2D eigenvalue weighted by molar-refractivity contribution is -0.148. The third-order valence-corrected chi connectivity index (χ3v) is 3.58. The van der Waals surface area contributed by atoms with E-state index in [0.717, 1.165) is 12.8 Å². The number of imide groups is 2. The van der Waals surface area contributed by atoms with Crippen molar-refractivity contribution in [1.82, 2.24) is 10.6 Å². The fourth-order valence-corrected chi connectivity index (χ4v) is 2.77. The van der Waals surface area contributed by atoms with Crippen LogP contribution >= 0.6 is 15.9 Å². The highest BCUT2D eigenvalue weighted by Gasteiger charge is 2.53. The monoisotopic (exact) mass is 316 g/mol. The summed E-state index contributed by atoms with van der Waals surface area (Å²) in [4.78, 5) is 35.4. The lowest BCUT2D eigenvalue weighted by Gasteiger charge is -2.38. The number of carbonyl (C=O) groups is 3. The van der Waals surface area contributed by atoms with E-state index in [1.807, 2.05) is 13.8 Å². The SMILES string of the molecule is C=C(Br)CC1(C(C)CCC)C(=O)NC(=O)NC1=O. The lowest BCUT2D eigenvalue weighted by atomic mass is 9.69. The minimum absolute atomic E-state index is 0.176. The minimum atomic E-state index is -1.26. The number of rotatable bonds is 5. The molecule has 2 N–H and O–H groups in total. The van der Waals surface area contributed by atoms with Crippen LogP contribution in [0.3, 0.4) is 0 Å². The molecule has 1 aliphatic rings. The van der Waals surface area contributed by atoms with Crippen molar-refractivity contribution in [1.29, 1.82) is 0 Å². The van der Waals surface area contributed by atoms with E-state index in [0.29, 0.717) is 4.48 Å². The molecule has 100 valence electrons. The van der Waals surface area contributed by atoms with Gasteiger partial charge in [0, 0.05) is 6.42 Å². The zero-order valence-electron chi connectivity index (χ0n) is 10.5. The fraction of sp³-hybridized carbons (Fsp3) is 0.583. The van der Waals surface area contributed by atoms with E-state index < -0.39 is 23.3 Å². The van der Waals surface area contributed by atoms with Crippen LogP contribution in [-0.4, -0.2) is 17.8 Å². The summed E-state index contributed by atoms with van der Waals surface area (Å²) < 4.78 is 0.560. The van der Waals surface area contributed by atoms with Gasteiger partial charge in [0.15, 0.2) is 0 Å². The highest BCUT2D eigenvalue weighted by Crippen LogP contribution is 2.40. The summed E-state index contributed by atoms with van der Waals surface area (Å²) in [5, 5.41) is 4.35. The molecule has 1 heterocycles. The summed E-state index contributed by atoms with van der Waals surface area (Å²) in [7, 11) is 0. The Kier molecular flexibility index (Phi) is 4.67. The Hall–Kier alpha value is -1.17. The van der Waals surface area contributed by atoms with E-state index in [-0.39, 0.29) is 12.3 Å². The second-order valence-corrected chi connectivity index (χ2v) is 5.71. The fourth-order valence-electron chi connectivity index (χ4n) is 2.33. The van der Waals surface area contributed by atoms with Gasteiger partial charge >= 0.3 is 6.03 Å². The second-order valence-electron chi connectivity index (χ2n) is 4.59. The van der Waals surface area contributed by atoms with Gasteiger partial charge in [-0.15, -0.1) is 0 Å². The number of allylic oxidation sites excluding steroid dienone is 1. The molecule has 4 amide bonds. The van der Waals surface area contributed by atoms with Gasteiger partial charge in [-0.05, 0) is 16.8 Å². The quantitative estimate of drug-likeness (QED) is 0.762. The highest BCUT2D eigenvalue weighted by atomic mass is 79.9. The number of nitrogens with one attached hydrogen (secondary N) is 2. The predicted molar refractivity (Wildman–Crippen MR) is 70.9 cm³/mol.